The molecule has 1 saturated heterocycles. The Bertz CT molecular complexity index is 872. The van der Waals surface area contributed by atoms with E-state index >= 15 is 0 Å². The van der Waals surface area contributed by atoms with Gasteiger partial charge in [0.15, 0.2) is 11.2 Å². The van der Waals surface area contributed by atoms with Crippen molar-refractivity contribution >= 4 is 17.1 Å². The number of carbonyl (C=O) groups is 1. The van der Waals surface area contributed by atoms with E-state index in [0.29, 0.717) is 56.9 Å². The van der Waals surface area contributed by atoms with Crippen LogP contribution in [-0.2, 0) is 30.2 Å². The molecule has 3 heterocycles. The molecule has 0 unspecified atom stereocenters. The molecule has 0 bridgehead atoms. The molecule has 2 aromatic heterocycles. The smallest absolute Gasteiger partial charge is 0.332 e. The van der Waals surface area contributed by atoms with Crippen molar-refractivity contribution in [2.75, 3.05) is 26.3 Å². The van der Waals surface area contributed by atoms with Crippen LogP contribution in [0, 0.1) is 0 Å². The van der Waals surface area contributed by atoms with Crippen molar-refractivity contribution < 1.29 is 9.53 Å². The highest BCUT2D eigenvalue weighted by Gasteiger charge is 2.17. The fourth-order valence-electron chi connectivity index (χ4n) is 2.94. The number of ether oxygens (including phenoxy) is 1. The molecular weight excluding hydrogens is 314 g/mol. The van der Waals surface area contributed by atoms with Crippen LogP contribution in [0.15, 0.2) is 15.9 Å². The zero-order valence-electron chi connectivity index (χ0n) is 13.9. The highest BCUT2D eigenvalue weighted by molar-refractivity contribution is 5.76. The van der Waals surface area contributed by atoms with Crippen LogP contribution < -0.4 is 11.2 Å². The van der Waals surface area contributed by atoms with Gasteiger partial charge in [0, 0.05) is 40.2 Å². The molecule has 0 N–H and O–H groups in total. The van der Waals surface area contributed by atoms with Gasteiger partial charge in [-0.15, -0.1) is 0 Å². The van der Waals surface area contributed by atoms with E-state index < -0.39 is 5.69 Å². The summed E-state index contributed by atoms with van der Waals surface area (Å²) in [7, 11) is 3.03. The zero-order chi connectivity index (χ0) is 17.3. The van der Waals surface area contributed by atoms with Crippen molar-refractivity contribution in [3.63, 3.8) is 0 Å². The Kier molecular flexibility index (Phi) is 4.52. The first-order chi connectivity index (χ1) is 11.5. The summed E-state index contributed by atoms with van der Waals surface area (Å²) in [6, 6.07) is 0. The third-order valence-corrected chi connectivity index (χ3v) is 4.37. The summed E-state index contributed by atoms with van der Waals surface area (Å²) >= 11 is 0. The molecular formula is C15H21N5O4. The van der Waals surface area contributed by atoms with Crippen molar-refractivity contribution in [3.8, 4) is 0 Å². The molecule has 0 spiro atoms. The minimum absolute atomic E-state index is 0.100. The number of morpholine rings is 1. The maximum Gasteiger partial charge on any atom is 0.332 e. The van der Waals surface area contributed by atoms with Crippen molar-refractivity contribution in [3.05, 3.63) is 27.2 Å². The first-order valence-electron chi connectivity index (χ1n) is 7.97. The Morgan fingerprint density at radius 1 is 1.21 bits per heavy atom. The number of carbonyl (C=O) groups excluding carboxylic acids is 1. The summed E-state index contributed by atoms with van der Waals surface area (Å²) in [6.45, 7) is 2.94. The highest BCUT2D eigenvalue weighted by Crippen LogP contribution is 2.08. The molecule has 24 heavy (non-hydrogen) atoms. The fraction of sp³-hybridized carbons (Fsp3) is 0.600. The van der Waals surface area contributed by atoms with Crippen LogP contribution in [0.3, 0.4) is 0 Å². The molecule has 0 radical (unpaired) electrons. The number of imidazole rings is 1. The lowest BCUT2D eigenvalue weighted by atomic mass is 10.2. The maximum atomic E-state index is 12.3. The average Bonchev–Trinajstić information content (AvgIpc) is 3.03. The van der Waals surface area contributed by atoms with Crippen LogP contribution in [0.5, 0.6) is 0 Å². The number of aryl methyl sites for hydroxylation is 2. The first-order valence-corrected chi connectivity index (χ1v) is 7.97. The molecule has 1 aliphatic rings. The maximum absolute atomic E-state index is 12.3. The van der Waals surface area contributed by atoms with E-state index in [0.717, 1.165) is 4.57 Å². The van der Waals surface area contributed by atoms with Crippen molar-refractivity contribution in [2.24, 2.45) is 14.1 Å². The van der Waals surface area contributed by atoms with Crippen molar-refractivity contribution in [1.29, 1.82) is 0 Å². The van der Waals surface area contributed by atoms with Gasteiger partial charge in [0.2, 0.25) is 5.91 Å². The second-order valence-electron chi connectivity index (χ2n) is 5.91. The van der Waals surface area contributed by atoms with Crippen LogP contribution in [0.2, 0.25) is 0 Å². The number of rotatable bonds is 4. The number of hydrogen-bond acceptors (Lipinski definition) is 5. The second-order valence-corrected chi connectivity index (χ2v) is 5.91. The fourth-order valence-corrected chi connectivity index (χ4v) is 2.94. The Morgan fingerprint density at radius 2 is 1.92 bits per heavy atom. The summed E-state index contributed by atoms with van der Waals surface area (Å²) in [6.07, 6.45) is 2.56. The Morgan fingerprint density at radius 3 is 2.62 bits per heavy atom. The third kappa shape index (κ3) is 2.86. The SMILES string of the molecule is Cn1c(=O)c2c(ncn2CCCC(=O)N2CCOCC2)n(C)c1=O. The van der Waals surface area contributed by atoms with E-state index in [1.165, 1.54) is 11.6 Å². The summed E-state index contributed by atoms with van der Waals surface area (Å²) in [4.78, 5) is 42.4. The first kappa shape index (κ1) is 16.4. The molecule has 1 aliphatic heterocycles. The van der Waals surface area contributed by atoms with Gasteiger partial charge in [-0.25, -0.2) is 9.78 Å². The Balaban J connectivity index is 1.73. The Hall–Kier alpha value is -2.42. The largest absolute Gasteiger partial charge is 0.378 e. The predicted molar refractivity (Wildman–Crippen MR) is 86.8 cm³/mol. The van der Waals surface area contributed by atoms with Gasteiger partial charge in [0.25, 0.3) is 5.56 Å². The molecule has 3 rings (SSSR count). The monoisotopic (exact) mass is 335 g/mol. The van der Waals surface area contributed by atoms with Crippen LogP contribution in [0.1, 0.15) is 12.8 Å². The van der Waals surface area contributed by atoms with Gasteiger partial charge in [0.05, 0.1) is 19.5 Å². The molecule has 0 atom stereocenters. The highest BCUT2D eigenvalue weighted by atomic mass is 16.5. The molecule has 1 fully saturated rings. The van der Waals surface area contributed by atoms with Gasteiger partial charge in [0.1, 0.15) is 0 Å². The van der Waals surface area contributed by atoms with Crippen molar-refractivity contribution in [2.45, 2.75) is 19.4 Å². The summed E-state index contributed by atoms with van der Waals surface area (Å²) < 4.78 is 9.37. The molecule has 0 saturated carbocycles. The van der Waals surface area contributed by atoms with Gasteiger partial charge in [-0.2, -0.15) is 0 Å². The number of aromatic nitrogens is 4. The van der Waals surface area contributed by atoms with Gasteiger partial charge in [-0.1, -0.05) is 0 Å². The molecule has 130 valence electrons. The standard InChI is InChI=1S/C15H21N5O4/c1-17-13-12(14(22)18(2)15(17)23)20(10-16-13)5-3-4-11(21)19-6-8-24-9-7-19/h10H,3-9H2,1-2H3. The topological polar surface area (TPSA) is 91.4 Å². The average molecular weight is 335 g/mol. The number of fused-ring (bicyclic) bond motifs is 1. The van der Waals surface area contributed by atoms with Crippen LogP contribution in [-0.4, -0.2) is 55.8 Å². The van der Waals surface area contributed by atoms with Gasteiger partial charge < -0.3 is 14.2 Å². The van der Waals surface area contributed by atoms with E-state index in [4.69, 9.17) is 4.74 Å². The summed E-state index contributed by atoms with van der Waals surface area (Å²) in [5, 5.41) is 0. The summed E-state index contributed by atoms with van der Waals surface area (Å²) in [5.74, 6) is 0.100. The minimum atomic E-state index is -0.403. The van der Waals surface area contributed by atoms with Gasteiger partial charge in [-0.05, 0) is 6.42 Å². The lowest BCUT2D eigenvalue weighted by molar-refractivity contribution is -0.135. The third-order valence-electron chi connectivity index (χ3n) is 4.37. The van der Waals surface area contributed by atoms with Gasteiger partial charge >= 0.3 is 5.69 Å². The minimum Gasteiger partial charge on any atom is -0.378 e. The summed E-state index contributed by atoms with van der Waals surface area (Å²) in [5.41, 5.74) is -0.0219. The number of nitrogens with zero attached hydrogens (tertiary/aromatic N) is 5. The lowest BCUT2D eigenvalue weighted by Crippen LogP contribution is -2.40. The second kappa shape index (κ2) is 6.60. The van der Waals surface area contributed by atoms with E-state index in [9.17, 15) is 14.4 Å². The zero-order valence-corrected chi connectivity index (χ0v) is 13.9. The van der Waals surface area contributed by atoms with Gasteiger partial charge in [-0.3, -0.25) is 18.7 Å². The molecule has 1 amide bonds. The molecule has 0 aromatic carbocycles. The van der Waals surface area contributed by atoms with E-state index in [2.05, 4.69) is 4.98 Å². The Labute approximate surface area is 138 Å². The van der Waals surface area contributed by atoms with E-state index in [1.54, 1.807) is 22.8 Å². The van der Waals surface area contributed by atoms with E-state index in [-0.39, 0.29) is 11.5 Å². The van der Waals surface area contributed by atoms with Crippen molar-refractivity contribution in [1.82, 2.24) is 23.6 Å². The van der Waals surface area contributed by atoms with Crippen LogP contribution in [0.4, 0.5) is 0 Å². The normalized spacial score (nSPS) is 15.2. The quantitative estimate of drug-likeness (QED) is 0.720. The molecule has 2 aromatic rings. The molecule has 9 nitrogen and oxygen atoms in total. The van der Waals surface area contributed by atoms with Crippen LogP contribution >= 0.6 is 0 Å². The predicted octanol–water partition coefficient (Wildman–Crippen LogP) is -0.927. The van der Waals surface area contributed by atoms with Crippen LogP contribution in [0.25, 0.3) is 11.2 Å². The molecule has 9 heteroatoms. The lowest BCUT2D eigenvalue weighted by Gasteiger charge is -2.26. The van der Waals surface area contributed by atoms with E-state index in [1.807, 2.05) is 0 Å². The number of amides is 1. The molecule has 0 aliphatic carbocycles. The number of hydrogen-bond donors (Lipinski definition) is 0.